The molecule has 86 valence electrons. The summed E-state index contributed by atoms with van der Waals surface area (Å²) >= 11 is 0. The molecule has 0 N–H and O–H groups in total. The lowest BCUT2D eigenvalue weighted by Gasteiger charge is -2.35. The number of nitrogens with zero attached hydrogens (tertiary/aromatic N) is 2. The minimum atomic E-state index is -0.115. The molecule has 0 aromatic carbocycles. The summed E-state index contributed by atoms with van der Waals surface area (Å²) in [5.41, 5.74) is 3.14. The van der Waals surface area contributed by atoms with Crippen LogP contribution in [-0.4, -0.2) is 16.5 Å². The number of hydrogen-bond acceptors (Lipinski definition) is 3. The molecular weight excluding hydrogens is 212 g/mol. The molecule has 1 atom stereocenters. The number of pyridine rings is 1. The van der Waals surface area contributed by atoms with Gasteiger partial charge in [0.05, 0.1) is 12.3 Å². The highest BCUT2D eigenvalue weighted by molar-refractivity contribution is 5.31. The molecule has 0 fully saturated rings. The summed E-state index contributed by atoms with van der Waals surface area (Å²) in [7, 11) is 0. The van der Waals surface area contributed by atoms with Gasteiger partial charge in [0.2, 0.25) is 0 Å². The second-order valence-electron chi connectivity index (χ2n) is 4.13. The Hall–Kier alpha value is -1.87. The van der Waals surface area contributed by atoms with E-state index in [1.165, 1.54) is 5.70 Å². The maximum absolute atomic E-state index is 5.79. The highest BCUT2D eigenvalue weighted by atomic mass is 16.5. The molecule has 3 heterocycles. The van der Waals surface area contributed by atoms with Crippen LogP contribution in [-0.2, 0) is 4.74 Å². The van der Waals surface area contributed by atoms with Crippen LogP contribution in [0.5, 0.6) is 0 Å². The molecule has 3 nitrogen and oxygen atoms in total. The molecule has 0 saturated carbocycles. The normalized spacial score (nSPS) is 22.3. The van der Waals surface area contributed by atoms with E-state index in [-0.39, 0.29) is 6.23 Å². The van der Waals surface area contributed by atoms with E-state index in [0.717, 1.165) is 11.4 Å². The number of ether oxygens (including phenoxy) is 1. The maximum Gasteiger partial charge on any atom is 0.177 e. The first-order valence-corrected chi connectivity index (χ1v) is 5.73. The highest BCUT2D eigenvalue weighted by Gasteiger charge is 2.25. The fourth-order valence-electron chi connectivity index (χ4n) is 2.09. The molecule has 0 radical (unpaired) electrons. The highest BCUT2D eigenvalue weighted by Crippen LogP contribution is 2.30. The fraction of sp³-hybridized carbons (Fsp3) is 0.214. The Morgan fingerprint density at radius 2 is 2.29 bits per heavy atom. The minimum absolute atomic E-state index is 0.115. The lowest BCUT2D eigenvalue weighted by atomic mass is 10.2. The van der Waals surface area contributed by atoms with E-state index in [1.54, 1.807) is 0 Å². The van der Waals surface area contributed by atoms with Crippen LogP contribution in [0.1, 0.15) is 17.6 Å². The van der Waals surface area contributed by atoms with E-state index in [0.29, 0.717) is 6.61 Å². The van der Waals surface area contributed by atoms with Crippen molar-refractivity contribution in [3.63, 3.8) is 0 Å². The zero-order valence-electron chi connectivity index (χ0n) is 9.71. The van der Waals surface area contributed by atoms with Gasteiger partial charge < -0.3 is 9.64 Å². The SMILES string of the molecule is Cc1cccc([C@@H]2OCC=C3C=CC=CN32)n1. The smallest absolute Gasteiger partial charge is 0.177 e. The van der Waals surface area contributed by atoms with Crippen molar-refractivity contribution in [2.45, 2.75) is 13.2 Å². The van der Waals surface area contributed by atoms with Crippen molar-refractivity contribution >= 4 is 0 Å². The Bertz CT molecular complexity index is 517. The van der Waals surface area contributed by atoms with Gasteiger partial charge >= 0.3 is 0 Å². The van der Waals surface area contributed by atoms with Crippen molar-refractivity contribution in [1.82, 2.24) is 9.88 Å². The van der Waals surface area contributed by atoms with Gasteiger partial charge in [-0.15, -0.1) is 0 Å². The van der Waals surface area contributed by atoms with Crippen molar-refractivity contribution in [2.75, 3.05) is 6.61 Å². The largest absolute Gasteiger partial charge is 0.348 e. The van der Waals surface area contributed by atoms with Gasteiger partial charge in [-0.3, -0.25) is 4.98 Å². The first-order chi connectivity index (χ1) is 8.34. The average Bonchev–Trinajstić information content (AvgIpc) is 2.38. The van der Waals surface area contributed by atoms with Crippen LogP contribution >= 0.6 is 0 Å². The molecule has 0 saturated heterocycles. The molecular formula is C14H14N2O. The number of hydrogen-bond donors (Lipinski definition) is 0. The Kier molecular flexibility index (Phi) is 2.53. The Labute approximate surface area is 101 Å². The number of aryl methyl sites for hydroxylation is 1. The number of rotatable bonds is 1. The molecule has 3 heteroatoms. The van der Waals surface area contributed by atoms with Crippen LogP contribution in [0.2, 0.25) is 0 Å². The van der Waals surface area contributed by atoms with Gasteiger partial charge in [0, 0.05) is 17.6 Å². The molecule has 1 aromatic rings. The van der Waals surface area contributed by atoms with E-state index >= 15 is 0 Å². The molecule has 3 rings (SSSR count). The van der Waals surface area contributed by atoms with Gasteiger partial charge in [-0.05, 0) is 37.3 Å². The summed E-state index contributed by atoms with van der Waals surface area (Å²) in [4.78, 5) is 6.64. The Balaban J connectivity index is 1.96. The molecule has 0 aliphatic carbocycles. The van der Waals surface area contributed by atoms with Crippen molar-refractivity contribution in [2.24, 2.45) is 0 Å². The fourth-order valence-corrected chi connectivity index (χ4v) is 2.09. The van der Waals surface area contributed by atoms with Gasteiger partial charge in [-0.2, -0.15) is 0 Å². The summed E-state index contributed by atoms with van der Waals surface area (Å²) in [5.74, 6) is 0. The first kappa shape index (κ1) is 10.3. The lowest BCUT2D eigenvalue weighted by Crippen LogP contribution is -2.30. The molecule has 1 aromatic heterocycles. The van der Waals surface area contributed by atoms with Gasteiger partial charge in [-0.1, -0.05) is 12.1 Å². The Morgan fingerprint density at radius 1 is 1.35 bits per heavy atom. The van der Waals surface area contributed by atoms with Crippen LogP contribution in [0.4, 0.5) is 0 Å². The Morgan fingerprint density at radius 3 is 3.18 bits per heavy atom. The predicted molar refractivity (Wildman–Crippen MR) is 65.9 cm³/mol. The number of allylic oxidation sites excluding steroid dienone is 3. The third-order valence-electron chi connectivity index (χ3n) is 2.89. The van der Waals surface area contributed by atoms with E-state index in [4.69, 9.17) is 4.74 Å². The lowest BCUT2D eigenvalue weighted by molar-refractivity contribution is -0.0258. The molecule has 0 spiro atoms. The van der Waals surface area contributed by atoms with Crippen LogP contribution in [0, 0.1) is 6.92 Å². The summed E-state index contributed by atoms with van der Waals surface area (Å²) in [6.45, 7) is 2.62. The standard InChI is InChI=1S/C14H14N2O/c1-11-5-4-7-13(15-11)14-16-9-3-2-6-12(16)8-10-17-14/h2-9,14H,10H2,1H3/t14-/m0/s1. The van der Waals surface area contributed by atoms with E-state index in [2.05, 4.69) is 22.0 Å². The van der Waals surface area contributed by atoms with Crippen LogP contribution < -0.4 is 0 Å². The zero-order valence-corrected chi connectivity index (χ0v) is 9.71. The van der Waals surface area contributed by atoms with Gasteiger partial charge in [-0.25, -0.2) is 0 Å². The van der Waals surface area contributed by atoms with Crippen molar-refractivity contribution in [1.29, 1.82) is 0 Å². The second kappa shape index (κ2) is 4.18. The van der Waals surface area contributed by atoms with Crippen LogP contribution in [0.3, 0.4) is 0 Å². The van der Waals surface area contributed by atoms with Gasteiger partial charge in [0.15, 0.2) is 6.23 Å². The molecule has 17 heavy (non-hydrogen) atoms. The maximum atomic E-state index is 5.79. The van der Waals surface area contributed by atoms with Gasteiger partial charge in [0.1, 0.15) is 0 Å². The third kappa shape index (κ3) is 1.89. The summed E-state index contributed by atoms with van der Waals surface area (Å²) in [5, 5.41) is 0. The summed E-state index contributed by atoms with van der Waals surface area (Å²) in [6.07, 6.45) is 10.1. The van der Waals surface area contributed by atoms with Crippen molar-refractivity contribution in [3.8, 4) is 0 Å². The number of aromatic nitrogens is 1. The monoisotopic (exact) mass is 226 g/mol. The van der Waals surface area contributed by atoms with Crippen molar-refractivity contribution < 1.29 is 4.74 Å². The molecule has 0 unspecified atom stereocenters. The predicted octanol–water partition coefficient (Wildman–Crippen LogP) is 2.69. The minimum Gasteiger partial charge on any atom is -0.348 e. The molecule has 2 aliphatic heterocycles. The topological polar surface area (TPSA) is 25.4 Å². The second-order valence-corrected chi connectivity index (χ2v) is 4.13. The van der Waals surface area contributed by atoms with E-state index < -0.39 is 0 Å². The van der Waals surface area contributed by atoms with Gasteiger partial charge in [0.25, 0.3) is 0 Å². The van der Waals surface area contributed by atoms with E-state index in [9.17, 15) is 0 Å². The molecule has 0 amide bonds. The van der Waals surface area contributed by atoms with E-state index in [1.807, 2.05) is 43.5 Å². The molecule has 2 aliphatic rings. The quantitative estimate of drug-likeness (QED) is 0.736. The third-order valence-corrected chi connectivity index (χ3v) is 2.89. The summed E-state index contributed by atoms with van der Waals surface area (Å²) in [6, 6.07) is 6.02. The zero-order chi connectivity index (χ0) is 11.7. The first-order valence-electron chi connectivity index (χ1n) is 5.73. The molecule has 0 bridgehead atoms. The van der Waals surface area contributed by atoms with Crippen LogP contribution in [0.25, 0.3) is 0 Å². The number of fused-ring (bicyclic) bond motifs is 1. The summed E-state index contributed by atoms with van der Waals surface area (Å²) < 4.78 is 5.79. The van der Waals surface area contributed by atoms with Crippen molar-refractivity contribution in [3.05, 3.63) is 65.8 Å². The average molecular weight is 226 g/mol. The van der Waals surface area contributed by atoms with Crippen LogP contribution in [0.15, 0.2) is 54.4 Å².